The Morgan fingerprint density at radius 2 is 2.19 bits per heavy atom. The average Bonchev–Trinajstić information content (AvgIpc) is 2.67. The zero-order valence-corrected chi connectivity index (χ0v) is 9.20. The molecule has 2 rings (SSSR count). The molecule has 0 amide bonds. The SMILES string of the molecule is Cc1ccccc1NCCc1nc(N)n[nH]1. The first-order valence-corrected chi connectivity index (χ1v) is 5.22. The van der Waals surface area contributed by atoms with Crippen LogP contribution in [0.15, 0.2) is 24.3 Å². The Morgan fingerprint density at radius 1 is 1.38 bits per heavy atom. The minimum absolute atomic E-state index is 0.297. The second-order valence-corrected chi connectivity index (χ2v) is 3.63. The quantitative estimate of drug-likeness (QED) is 0.722. The normalized spacial score (nSPS) is 10.3. The maximum absolute atomic E-state index is 5.41. The van der Waals surface area contributed by atoms with Crippen molar-refractivity contribution in [3.63, 3.8) is 0 Å². The lowest BCUT2D eigenvalue weighted by molar-refractivity contribution is 0.900. The number of aromatic amines is 1. The van der Waals surface area contributed by atoms with Crippen molar-refractivity contribution >= 4 is 11.6 Å². The number of benzene rings is 1. The van der Waals surface area contributed by atoms with Gasteiger partial charge in [-0.15, -0.1) is 5.10 Å². The van der Waals surface area contributed by atoms with Crippen LogP contribution in [-0.4, -0.2) is 21.7 Å². The predicted octanol–water partition coefficient (Wildman–Crippen LogP) is 1.35. The standard InChI is InChI=1S/C11H15N5/c1-8-4-2-3-5-9(8)13-7-6-10-14-11(12)16-15-10/h2-5,13H,6-7H2,1H3,(H3,12,14,15,16). The number of nitrogen functional groups attached to an aromatic ring is 1. The van der Waals surface area contributed by atoms with E-state index in [9.17, 15) is 0 Å². The van der Waals surface area contributed by atoms with Crippen LogP contribution < -0.4 is 11.1 Å². The summed E-state index contributed by atoms with van der Waals surface area (Å²) in [6.07, 6.45) is 0.776. The fourth-order valence-corrected chi connectivity index (χ4v) is 1.51. The first-order chi connectivity index (χ1) is 7.75. The molecule has 0 spiro atoms. The van der Waals surface area contributed by atoms with Gasteiger partial charge in [-0.25, -0.2) is 0 Å². The number of aromatic nitrogens is 3. The van der Waals surface area contributed by atoms with Crippen LogP contribution in [0, 0.1) is 6.92 Å². The summed E-state index contributed by atoms with van der Waals surface area (Å²) >= 11 is 0. The molecule has 1 aromatic carbocycles. The number of hydrogen-bond donors (Lipinski definition) is 3. The van der Waals surface area contributed by atoms with Gasteiger partial charge in [0.05, 0.1) is 0 Å². The Bertz CT molecular complexity index is 463. The predicted molar refractivity (Wildman–Crippen MR) is 64.2 cm³/mol. The molecule has 0 saturated heterocycles. The number of anilines is 2. The van der Waals surface area contributed by atoms with E-state index in [1.165, 1.54) is 5.56 Å². The summed E-state index contributed by atoms with van der Waals surface area (Å²) in [5.74, 6) is 1.10. The number of nitrogens with one attached hydrogen (secondary N) is 2. The topological polar surface area (TPSA) is 79.6 Å². The number of hydrogen-bond acceptors (Lipinski definition) is 4. The van der Waals surface area contributed by atoms with E-state index in [0.717, 1.165) is 24.5 Å². The lowest BCUT2D eigenvalue weighted by atomic mass is 10.2. The average molecular weight is 217 g/mol. The van der Waals surface area contributed by atoms with Crippen molar-refractivity contribution < 1.29 is 0 Å². The third-order valence-corrected chi connectivity index (χ3v) is 2.37. The lowest BCUT2D eigenvalue weighted by Crippen LogP contribution is -2.07. The van der Waals surface area contributed by atoms with Crippen molar-refractivity contribution in [1.82, 2.24) is 15.2 Å². The fourth-order valence-electron chi connectivity index (χ4n) is 1.51. The molecule has 0 unspecified atom stereocenters. The van der Waals surface area contributed by atoms with Crippen LogP contribution in [0.3, 0.4) is 0 Å². The molecule has 16 heavy (non-hydrogen) atoms. The highest BCUT2D eigenvalue weighted by atomic mass is 15.3. The van der Waals surface area contributed by atoms with E-state index in [0.29, 0.717) is 5.95 Å². The van der Waals surface area contributed by atoms with Crippen LogP contribution in [-0.2, 0) is 6.42 Å². The molecule has 0 radical (unpaired) electrons. The maximum atomic E-state index is 5.41. The minimum Gasteiger partial charge on any atom is -0.384 e. The molecule has 4 N–H and O–H groups in total. The van der Waals surface area contributed by atoms with Gasteiger partial charge in [-0.05, 0) is 18.6 Å². The van der Waals surface area contributed by atoms with E-state index in [1.54, 1.807) is 0 Å². The van der Waals surface area contributed by atoms with Crippen molar-refractivity contribution in [1.29, 1.82) is 0 Å². The highest BCUT2D eigenvalue weighted by Gasteiger charge is 2.00. The lowest BCUT2D eigenvalue weighted by Gasteiger charge is -2.07. The van der Waals surface area contributed by atoms with Crippen LogP contribution in [0.25, 0.3) is 0 Å². The van der Waals surface area contributed by atoms with E-state index in [4.69, 9.17) is 5.73 Å². The molecule has 2 aromatic rings. The van der Waals surface area contributed by atoms with Crippen molar-refractivity contribution in [3.8, 4) is 0 Å². The van der Waals surface area contributed by atoms with Crippen molar-refractivity contribution in [3.05, 3.63) is 35.7 Å². The molecule has 0 fully saturated rings. The van der Waals surface area contributed by atoms with Gasteiger partial charge in [-0.3, -0.25) is 5.10 Å². The van der Waals surface area contributed by atoms with E-state index in [2.05, 4.69) is 39.6 Å². The fraction of sp³-hybridized carbons (Fsp3) is 0.273. The maximum Gasteiger partial charge on any atom is 0.239 e. The number of nitrogens with zero attached hydrogens (tertiary/aromatic N) is 2. The highest BCUT2D eigenvalue weighted by Crippen LogP contribution is 2.12. The Labute approximate surface area is 94.1 Å². The number of rotatable bonds is 4. The molecular formula is C11H15N5. The number of nitrogens with two attached hydrogens (primary N) is 1. The van der Waals surface area contributed by atoms with Gasteiger partial charge in [0, 0.05) is 18.7 Å². The van der Waals surface area contributed by atoms with Gasteiger partial charge < -0.3 is 11.1 Å². The second kappa shape index (κ2) is 4.65. The first-order valence-electron chi connectivity index (χ1n) is 5.22. The largest absolute Gasteiger partial charge is 0.384 e. The summed E-state index contributed by atoms with van der Waals surface area (Å²) in [5, 5.41) is 9.90. The monoisotopic (exact) mass is 217 g/mol. The molecular weight excluding hydrogens is 202 g/mol. The molecule has 1 aromatic heterocycles. The Hall–Kier alpha value is -2.04. The van der Waals surface area contributed by atoms with Crippen LogP contribution in [0.2, 0.25) is 0 Å². The van der Waals surface area contributed by atoms with Crippen LogP contribution in [0.1, 0.15) is 11.4 Å². The van der Waals surface area contributed by atoms with E-state index < -0.39 is 0 Å². The molecule has 0 aliphatic heterocycles. The molecule has 0 aliphatic rings. The van der Waals surface area contributed by atoms with E-state index in [1.807, 2.05) is 12.1 Å². The smallest absolute Gasteiger partial charge is 0.239 e. The molecule has 0 bridgehead atoms. The number of H-pyrrole nitrogens is 1. The van der Waals surface area contributed by atoms with Crippen molar-refractivity contribution in [2.45, 2.75) is 13.3 Å². The third kappa shape index (κ3) is 2.50. The van der Waals surface area contributed by atoms with Gasteiger partial charge in [0.2, 0.25) is 5.95 Å². The highest BCUT2D eigenvalue weighted by molar-refractivity contribution is 5.50. The van der Waals surface area contributed by atoms with Gasteiger partial charge in [0.25, 0.3) is 0 Å². The Balaban J connectivity index is 1.87. The summed E-state index contributed by atoms with van der Waals surface area (Å²) in [6.45, 7) is 2.88. The summed E-state index contributed by atoms with van der Waals surface area (Å²) in [7, 11) is 0. The van der Waals surface area contributed by atoms with Crippen LogP contribution in [0.4, 0.5) is 11.6 Å². The van der Waals surface area contributed by atoms with Gasteiger partial charge in [-0.2, -0.15) is 4.98 Å². The van der Waals surface area contributed by atoms with Crippen molar-refractivity contribution in [2.75, 3.05) is 17.6 Å². The zero-order valence-electron chi connectivity index (χ0n) is 9.20. The number of aryl methyl sites for hydroxylation is 1. The molecule has 5 heteroatoms. The molecule has 0 aliphatic carbocycles. The molecule has 0 atom stereocenters. The van der Waals surface area contributed by atoms with Gasteiger partial charge in [0.1, 0.15) is 5.82 Å². The van der Waals surface area contributed by atoms with Gasteiger partial charge >= 0.3 is 0 Å². The Morgan fingerprint density at radius 3 is 2.88 bits per heavy atom. The third-order valence-electron chi connectivity index (χ3n) is 2.37. The summed E-state index contributed by atoms with van der Waals surface area (Å²) < 4.78 is 0. The summed E-state index contributed by atoms with van der Waals surface area (Å²) in [6, 6.07) is 8.18. The van der Waals surface area contributed by atoms with Gasteiger partial charge in [0.15, 0.2) is 0 Å². The van der Waals surface area contributed by atoms with Crippen LogP contribution in [0.5, 0.6) is 0 Å². The van der Waals surface area contributed by atoms with Crippen molar-refractivity contribution in [2.24, 2.45) is 0 Å². The summed E-state index contributed by atoms with van der Waals surface area (Å²) in [4.78, 5) is 4.04. The second-order valence-electron chi connectivity index (χ2n) is 3.63. The molecule has 0 saturated carbocycles. The summed E-state index contributed by atoms with van der Waals surface area (Å²) in [5.41, 5.74) is 7.80. The molecule has 5 nitrogen and oxygen atoms in total. The minimum atomic E-state index is 0.297. The molecule has 1 heterocycles. The molecule has 84 valence electrons. The van der Waals surface area contributed by atoms with E-state index >= 15 is 0 Å². The zero-order chi connectivity index (χ0) is 11.4. The van der Waals surface area contributed by atoms with Gasteiger partial charge in [-0.1, -0.05) is 18.2 Å². The Kier molecular flexibility index (Phi) is 3.05. The van der Waals surface area contributed by atoms with E-state index in [-0.39, 0.29) is 0 Å². The number of para-hydroxylation sites is 1. The van der Waals surface area contributed by atoms with Crippen LogP contribution >= 0.6 is 0 Å². The first kappa shape index (κ1) is 10.5.